The third-order valence-corrected chi connectivity index (χ3v) is 2.93. The quantitative estimate of drug-likeness (QED) is 0.699. The van der Waals surface area contributed by atoms with Crippen LogP contribution in [-0.4, -0.2) is 26.2 Å². The van der Waals surface area contributed by atoms with Crippen molar-refractivity contribution >= 4 is 11.3 Å². The Morgan fingerprint density at radius 1 is 1.40 bits per heavy atom. The van der Waals surface area contributed by atoms with Gasteiger partial charge in [-0.25, -0.2) is 0 Å². The molecule has 0 aliphatic carbocycles. The van der Waals surface area contributed by atoms with Crippen LogP contribution >= 0.6 is 11.3 Å². The van der Waals surface area contributed by atoms with Crippen LogP contribution in [0.15, 0.2) is 11.4 Å². The maximum atomic E-state index is 5.12. The fraction of sp³-hybridized carbons (Fsp3) is 0.636. The van der Waals surface area contributed by atoms with Crippen LogP contribution in [0.3, 0.4) is 0 Å². The van der Waals surface area contributed by atoms with E-state index in [0.29, 0.717) is 6.04 Å². The monoisotopic (exact) mass is 228 g/mol. The fourth-order valence-electron chi connectivity index (χ4n) is 1.22. The van der Waals surface area contributed by atoms with E-state index in [1.54, 1.807) is 18.4 Å². The molecule has 15 heavy (non-hydrogen) atoms. The van der Waals surface area contributed by atoms with Crippen LogP contribution in [0.2, 0.25) is 0 Å². The summed E-state index contributed by atoms with van der Waals surface area (Å²) in [5.74, 6) is 0.956. The van der Waals surface area contributed by atoms with Gasteiger partial charge in [0.2, 0.25) is 0 Å². The van der Waals surface area contributed by atoms with E-state index in [0.717, 1.165) is 25.4 Å². The summed E-state index contributed by atoms with van der Waals surface area (Å²) in [6, 6.07) is 2.64. The molecule has 0 aromatic carbocycles. The van der Waals surface area contributed by atoms with Gasteiger partial charge >= 0.3 is 0 Å². The van der Waals surface area contributed by atoms with Gasteiger partial charge in [-0.2, -0.15) is 0 Å². The molecule has 0 bridgehead atoms. The smallest absolute Gasteiger partial charge is 0.129 e. The van der Waals surface area contributed by atoms with Gasteiger partial charge in [-0.1, -0.05) is 13.8 Å². The molecular formula is C11H20N2OS. The first-order chi connectivity index (χ1) is 7.22. The molecule has 0 saturated heterocycles. The van der Waals surface area contributed by atoms with Gasteiger partial charge in [0, 0.05) is 35.9 Å². The van der Waals surface area contributed by atoms with E-state index in [1.165, 1.54) is 4.88 Å². The number of rotatable bonds is 7. The van der Waals surface area contributed by atoms with Gasteiger partial charge in [-0.3, -0.25) is 0 Å². The number of hydrogen-bond acceptors (Lipinski definition) is 4. The van der Waals surface area contributed by atoms with Gasteiger partial charge in [-0.15, -0.1) is 11.3 Å². The van der Waals surface area contributed by atoms with Crippen LogP contribution in [-0.2, 0) is 6.54 Å². The largest absolute Gasteiger partial charge is 0.496 e. The molecular weight excluding hydrogens is 208 g/mol. The lowest BCUT2D eigenvalue weighted by Crippen LogP contribution is -2.31. The highest BCUT2D eigenvalue weighted by Gasteiger charge is 1.98. The Bertz CT molecular complexity index is 273. The molecule has 0 saturated carbocycles. The Morgan fingerprint density at radius 2 is 2.20 bits per heavy atom. The Hall–Kier alpha value is -0.580. The minimum absolute atomic E-state index is 0.564. The van der Waals surface area contributed by atoms with Gasteiger partial charge in [0.25, 0.3) is 0 Å². The molecule has 0 radical (unpaired) electrons. The van der Waals surface area contributed by atoms with E-state index in [-0.39, 0.29) is 0 Å². The molecule has 0 fully saturated rings. The standard InChI is InChI=1S/C11H20N2OS/c1-9(2)13-5-4-12-7-11-6-10(14-3)8-15-11/h6,8-9,12-13H,4-5,7H2,1-3H3. The van der Waals surface area contributed by atoms with Crippen molar-refractivity contribution in [2.45, 2.75) is 26.4 Å². The van der Waals surface area contributed by atoms with Crippen molar-refractivity contribution in [3.05, 3.63) is 16.3 Å². The molecule has 0 amide bonds. The van der Waals surface area contributed by atoms with Crippen LogP contribution in [0.1, 0.15) is 18.7 Å². The molecule has 3 nitrogen and oxygen atoms in total. The highest BCUT2D eigenvalue weighted by Crippen LogP contribution is 2.20. The Kier molecular flexibility index (Phi) is 5.68. The number of hydrogen-bond donors (Lipinski definition) is 2. The summed E-state index contributed by atoms with van der Waals surface area (Å²) in [5.41, 5.74) is 0. The average molecular weight is 228 g/mol. The normalized spacial score (nSPS) is 10.9. The predicted molar refractivity (Wildman–Crippen MR) is 65.7 cm³/mol. The third kappa shape index (κ3) is 5.16. The molecule has 4 heteroatoms. The Morgan fingerprint density at radius 3 is 2.80 bits per heavy atom. The first-order valence-corrected chi connectivity index (χ1v) is 6.16. The van der Waals surface area contributed by atoms with Crippen molar-refractivity contribution in [3.63, 3.8) is 0 Å². The maximum absolute atomic E-state index is 5.12. The first-order valence-electron chi connectivity index (χ1n) is 5.28. The zero-order chi connectivity index (χ0) is 11.1. The zero-order valence-electron chi connectivity index (χ0n) is 9.67. The highest BCUT2D eigenvalue weighted by atomic mass is 32.1. The van der Waals surface area contributed by atoms with Crippen LogP contribution < -0.4 is 15.4 Å². The summed E-state index contributed by atoms with van der Waals surface area (Å²) in [4.78, 5) is 1.32. The maximum Gasteiger partial charge on any atom is 0.129 e. The number of ether oxygens (including phenoxy) is 1. The molecule has 86 valence electrons. The van der Waals surface area contributed by atoms with Crippen molar-refractivity contribution < 1.29 is 4.74 Å². The lowest BCUT2D eigenvalue weighted by molar-refractivity contribution is 0.416. The van der Waals surface area contributed by atoms with Crippen molar-refractivity contribution in [1.29, 1.82) is 0 Å². The van der Waals surface area contributed by atoms with Gasteiger partial charge in [0.15, 0.2) is 0 Å². The lowest BCUT2D eigenvalue weighted by Gasteiger charge is -2.08. The molecule has 0 aliphatic heterocycles. The van der Waals surface area contributed by atoms with Gasteiger partial charge in [0.1, 0.15) is 5.75 Å². The number of thiophene rings is 1. The summed E-state index contributed by atoms with van der Waals surface area (Å²) in [7, 11) is 1.70. The second-order valence-corrected chi connectivity index (χ2v) is 4.73. The van der Waals surface area contributed by atoms with E-state index < -0.39 is 0 Å². The fourth-order valence-corrected chi connectivity index (χ4v) is 2.02. The molecule has 0 spiro atoms. The minimum atomic E-state index is 0.564. The van der Waals surface area contributed by atoms with Crippen molar-refractivity contribution in [1.82, 2.24) is 10.6 Å². The van der Waals surface area contributed by atoms with E-state index in [1.807, 2.05) is 5.38 Å². The first kappa shape index (κ1) is 12.5. The molecule has 1 rings (SSSR count). The van der Waals surface area contributed by atoms with Crippen molar-refractivity contribution in [2.75, 3.05) is 20.2 Å². The van der Waals surface area contributed by atoms with E-state index in [2.05, 4.69) is 30.5 Å². The number of methoxy groups -OCH3 is 1. The number of nitrogens with one attached hydrogen (secondary N) is 2. The third-order valence-electron chi connectivity index (χ3n) is 2.02. The van der Waals surface area contributed by atoms with Crippen LogP contribution in [0.4, 0.5) is 0 Å². The van der Waals surface area contributed by atoms with E-state index in [4.69, 9.17) is 4.74 Å². The van der Waals surface area contributed by atoms with Crippen LogP contribution in [0, 0.1) is 0 Å². The highest BCUT2D eigenvalue weighted by molar-refractivity contribution is 7.10. The molecule has 0 unspecified atom stereocenters. The summed E-state index contributed by atoms with van der Waals surface area (Å²) in [6.07, 6.45) is 0. The summed E-state index contributed by atoms with van der Waals surface area (Å²) >= 11 is 1.73. The SMILES string of the molecule is COc1csc(CNCCNC(C)C)c1. The molecule has 1 aromatic heterocycles. The second kappa shape index (κ2) is 6.82. The second-order valence-electron chi connectivity index (χ2n) is 3.74. The molecule has 2 N–H and O–H groups in total. The van der Waals surface area contributed by atoms with Gasteiger partial charge < -0.3 is 15.4 Å². The van der Waals surface area contributed by atoms with Crippen LogP contribution in [0.25, 0.3) is 0 Å². The van der Waals surface area contributed by atoms with Gasteiger partial charge in [-0.05, 0) is 6.07 Å². The Balaban J connectivity index is 2.09. The average Bonchev–Trinajstić information content (AvgIpc) is 2.65. The lowest BCUT2D eigenvalue weighted by atomic mass is 10.4. The summed E-state index contributed by atoms with van der Waals surface area (Å²) in [6.45, 7) is 7.25. The predicted octanol–water partition coefficient (Wildman–Crippen LogP) is 1.84. The topological polar surface area (TPSA) is 33.3 Å². The van der Waals surface area contributed by atoms with Crippen molar-refractivity contribution in [3.8, 4) is 5.75 Å². The molecule has 0 atom stereocenters. The molecule has 0 aliphatic rings. The van der Waals surface area contributed by atoms with Crippen molar-refractivity contribution in [2.24, 2.45) is 0 Å². The van der Waals surface area contributed by atoms with E-state index in [9.17, 15) is 0 Å². The van der Waals surface area contributed by atoms with Gasteiger partial charge in [0.05, 0.1) is 7.11 Å². The molecule has 1 aromatic rings. The minimum Gasteiger partial charge on any atom is -0.496 e. The van der Waals surface area contributed by atoms with E-state index >= 15 is 0 Å². The summed E-state index contributed by atoms with van der Waals surface area (Å²) in [5, 5.41) is 8.78. The molecule has 1 heterocycles. The summed E-state index contributed by atoms with van der Waals surface area (Å²) < 4.78 is 5.12. The Labute approximate surface area is 95.8 Å². The zero-order valence-corrected chi connectivity index (χ0v) is 10.5. The van der Waals surface area contributed by atoms with Crippen LogP contribution in [0.5, 0.6) is 5.75 Å².